The maximum Gasteiger partial charge on any atom is 0.345 e. The number of para-hydroxylation sites is 2. The summed E-state index contributed by atoms with van der Waals surface area (Å²) in [5.41, 5.74) is 0.456. The Bertz CT molecular complexity index is 1410. The minimum atomic E-state index is -0.745. The van der Waals surface area contributed by atoms with Crippen LogP contribution in [-0.2, 0) is 4.79 Å². The Morgan fingerprint density at radius 1 is 0.973 bits per heavy atom. The van der Waals surface area contributed by atoms with Crippen molar-refractivity contribution in [2.45, 2.75) is 0 Å². The van der Waals surface area contributed by atoms with Gasteiger partial charge in [-0.05, 0) is 54.2 Å². The van der Waals surface area contributed by atoms with Crippen molar-refractivity contribution in [1.82, 2.24) is 4.90 Å². The number of thioether (sulfide) groups is 1. The fourth-order valence-corrected chi connectivity index (χ4v) is 4.89. The quantitative estimate of drug-likeness (QED) is 0.162. The number of hydrogen-bond acceptors (Lipinski definition) is 7. The van der Waals surface area contributed by atoms with Gasteiger partial charge in [-0.3, -0.25) is 14.5 Å². The van der Waals surface area contributed by atoms with E-state index in [4.69, 9.17) is 49.0 Å². The van der Waals surface area contributed by atoms with E-state index in [0.717, 1.165) is 16.7 Å². The molecule has 0 N–H and O–H groups in total. The lowest BCUT2D eigenvalue weighted by atomic mass is 10.1. The molecule has 0 radical (unpaired) electrons. The lowest BCUT2D eigenvalue weighted by Crippen LogP contribution is -2.32. The molecule has 0 unspecified atom stereocenters. The molecule has 37 heavy (non-hydrogen) atoms. The van der Waals surface area contributed by atoms with Gasteiger partial charge in [0.05, 0.1) is 34.2 Å². The minimum absolute atomic E-state index is 0.0300. The molecule has 0 spiro atoms. The second-order valence-corrected chi connectivity index (χ2v) is 9.75. The minimum Gasteiger partial charge on any atom is -0.493 e. The van der Waals surface area contributed by atoms with E-state index in [-0.39, 0.29) is 40.1 Å². The Labute approximate surface area is 231 Å². The molecule has 0 aliphatic carbocycles. The van der Waals surface area contributed by atoms with E-state index in [1.165, 1.54) is 31.4 Å². The average molecular weight is 579 g/mol. The van der Waals surface area contributed by atoms with Gasteiger partial charge in [0.2, 0.25) is 0 Å². The molecule has 1 saturated heterocycles. The average Bonchev–Trinajstić information content (AvgIpc) is 3.13. The highest BCUT2D eigenvalue weighted by Crippen LogP contribution is 2.38. The zero-order valence-corrected chi connectivity index (χ0v) is 22.3. The lowest BCUT2D eigenvalue weighted by Gasteiger charge is -2.14. The molecule has 0 aromatic heterocycles. The van der Waals surface area contributed by atoms with Gasteiger partial charge in [-0.1, -0.05) is 59.1 Å². The van der Waals surface area contributed by atoms with Gasteiger partial charge in [0.25, 0.3) is 11.1 Å². The molecule has 1 fully saturated rings. The molecule has 0 saturated carbocycles. The second kappa shape index (κ2) is 11.9. The first-order valence-electron chi connectivity index (χ1n) is 10.8. The molecule has 11 heteroatoms. The van der Waals surface area contributed by atoms with Crippen molar-refractivity contribution in [3.63, 3.8) is 0 Å². The van der Waals surface area contributed by atoms with Gasteiger partial charge in [0, 0.05) is 10.6 Å². The first kappa shape index (κ1) is 26.9. The molecule has 3 aromatic carbocycles. The largest absolute Gasteiger partial charge is 0.493 e. The van der Waals surface area contributed by atoms with Gasteiger partial charge < -0.3 is 14.2 Å². The van der Waals surface area contributed by atoms with Gasteiger partial charge in [-0.2, -0.15) is 0 Å². The molecule has 7 nitrogen and oxygen atoms in total. The van der Waals surface area contributed by atoms with Gasteiger partial charge >= 0.3 is 5.97 Å². The molecule has 4 rings (SSSR count). The van der Waals surface area contributed by atoms with E-state index in [0.29, 0.717) is 21.4 Å². The number of carbonyl (C=O) groups excluding carboxylic acids is 3. The predicted molar refractivity (Wildman–Crippen MR) is 144 cm³/mol. The van der Waals surface area contributed by atoms with Gasteiger partial charge in [-0.25, -0.2) is 4.79 Å². The summed E-state index contributed by atoms with van der Waals surface area (Å²) in [6.07, 6.45) is 1.47. The summed E-state index contributed by atoms with van der Waals surface area (Å²) in [6, 6.07) is 16.2. The zero-order chi connectivity index (χ0) is 26.5. The smallest absolute Gasteiger partial charge is 0.345 e. The molecule has 1 heterocycles. The molecule has 0 bridgehead atoms. The fraction of sp³-hybridized carbons (Fsp3) is 0.115. The topological polar surface area (TPSA) is 82.1 Å². The number of benzene rings is 3. The number of imide groups is 1. The monoisotopic (exact) mass is 577 g/mol. The van der Waals surface area contributed by atoms with Crippen LogP contribution in [0.2, 0.25) is 15.1 Å². The third-order valence-corrected chi connectivity index (χ3v) is 6.91. The maximum absolute atomic E-state index is 13.0. The van der Waals surface area contributed by atoms with Crippen molar-refractivity contribution in [3.05, 3.63) is 91.8 Å². The molecular formula is C26H18Cl3NO6S. The number of esters is 1. The summed E-state index contributed by atoms with van der Waals surface area (Å²) in [4.78, 5) is 39.6. The van der Waals surface area contributed by atoms with Crippen molar-refractivity contribution >= 4 is 69.8 Å². The standard InChI is InChI=1S/C26H18Cl3NO6S/c1-34-21-8-4-5-15(23(21)36-25(32)17-10-9-16(27)14-19(17)29)13-22-24(31)30(26(33)37-22)11-12-35-20-7-3-2-6-18(20)28/h2-10,13-14H,11-12H2,1H3/b22-13-. The fourth-order valence-electron chi connectivity index (χ4n) is 3.36. The van der Waals surface area contributed by atoms with E-state index in [1.807, 2.05) is 0 Å². The van der Waals surface area contributed by atoms with Crippen LogP contribution in [0.4, 0.5) is 4.79 Å². The van der Waals surface area contributed by atoms with Gasteiger partial charge in [-0.15, -0.1) is 0 Å². The number of rotatable bonds is 8. The first-order valence-corrected chi connectivity index (χ1v) is 12.7. The zero-order valence-electron chi connectivity index (χ0n) is 19.2. The van der Waals surface area contributed by atoms with E-state index in [9.17, 15) is 14.4 Å². The van der Waals surface area contributed by atoms with Crippen molar-refractivity contribution in [2.24, 2.45) is 0 Å². The summed E-state index contributed by atoms with van der Waals surface area (Å²) in [6.45, 7) is 0.0984. The molecule has 3 aromatic rings. The lowest BCUT2D eigenvalue weighted by molar-refractivity contribution is -0.123. The van der Waals surface area contributed by atoms with Crippen LogP contribution in [0.25, 0.3) is 6.08 Å². The highest BCUT2D eigenvalue weighted by Gasteiger charge is 2.35. The molecule has 190 valence electrons. The van der Waals surface area contributed by atoms with Crippen LogP contribution in [0.3, 0.4) is 0 Å². The van der Waals surface area contributed by atoms with Crippen molar-refractivity contribution in [2.75, 3.05) is 20.3 Å². The van der Waals surface area contributed by atoms with E-state index >= 15 is 0 Å². The molecule has 1 aliphatic heterocycles. The van der Waals surface area contributed by atoms with Crippen LogP contribution in [0.1, 0.15) is 15.9 Å². The maximum atomic E-state index is 13.0. The van der Waals surface area contributed by atoms with Crippen LogP contribution < -0.4 is 14.2 Å². The van der Waals surface area contributed by atoms with Crippen molar-refractivity contribution < 1.29 is 28.6 Å². The van der Waals surface area contributed by atoms with Gasteiger partial charge in [0.1, 0.15) is 12.4 Å². The highest BCUT2D eigenvalue weighted by atomic mass is 35.5. The number of hydrogen-bond donors (Lipinski definition) is 0. The molecule has 2 amide bonds. The predicted octanol–water partition coefficient (Wildman–Crippen LogP) is 6.99. The highest BCUT2D eigenvalue weighted by molar-refractivity contribution is 8.18. The van der Waals surface area contributed by atoms with Gasteiger partial charge in [0.15, 0.2) is 11.5 Å². The van der Waals surface area contributed by atoms with Crippen molar-refractivity contribution in [3.8, 4) is 17.2 Å². The summed E-state index contributed by atoms with van der Waals surface area (Å²) in [5, 5.41) is 0.464. The number of carbonyl (C=O) groups is 3. The Morgan fingerprint density at radius 2 is 1.73 bits per heavy atom. The van der Waals surface area contributed by atoms with Crippen molar-refractivity contribution in [1.29, 1.82) is 0 Å². The SMILES string of the molecule is COc1cccc(/C=C2\SC(=O)N(CCOc3ccccc3Cl)C2=O)c1OC(=O)c1ccc(Cl)cc1Cl. The van der Waals surface area contributed by atoms with E-state index in [2.05, 4.69) is 0 Å². The summed E-state index contributed by atoms with van der Waals surface area (Å²) in [7, 11) is 1.42. The van der Waals surface area contributed by atoms with E-state index in [1.54, 1.807) is 42.5 Å². The number of ether oxygens (including phenoxy) is 3. The van der Waals surface area contributed by atoms with E-state index < -0.39 is 17.1 Å². The Kier molecular flexibility index (Phi) is 8.66. The number of methoxy groups -OCH3 is 1. The summed E-state index contributed by atoms with van der Waals surface area (Å²) in [5.74, 6) is -0.478. The normalized spacial score (nSPS) is 14.3. The number of halogens is 3. The summed E-state index contributed by atoms with van der Waals surface area (Å²) < 4.78 is 16.6. The van der Waals surface area contributed by atoms with Crippen LogP contribution in [0.5, 0.6) is 17.2 Å². The molecule has 0 atom stereocenters. The van der Waals surface area contributed by atoms with Crippen LogP contribution in [0.15, 0.2) is 65.6 Å². The second-order valence-electron chi connectivity index (χ2n) is 7.50. The summed E-state index contributed by atoms with van der Waals surface area (Å²) >= 11 is 18.9. The third-order valence-electron chi connectivity index (χ3n) is 5.14. The van der Waals surface area contributed by atoms with Crippen LogP contribution in [-0.4, -0.2) is 42.3 Å². The Balaban J connectivity index is 1.54. The third kappa shape index (κ3) is 6.22. The molecular weight excluding hydrogens is 561 g/mol. The Morgan fingerprint density at radius 3 is 2.46 bits per heavy atom. The van der Waals surface area contributed by atoms with Crippen LogP contribution in [0, 0.1) is 0 Å². The number of amides is 2. The number of nitrogens with zero attached hydrogens (tertiary/aromatic N) is 1. The first-order chi connectivity index (χ1) is 17.8. The Hall–Kier alpha value is -3.17. The van der Waals surface area contributed by atoms with Crippen LogP contribution >= 0.6 is 46.6 Å². The molecule has 1 aliphatic rings.